The van der Waals surface area contributed by atoms with Crippen molar-refractivity contribution in [3.63, 3.8) is 0 Å². The summed E-state index contributed by atoms with van der Waals surface area (Å²) in [6.45, 7) is 7.70. The van der Waals surface area contributed by atoms with Crippen LogP contribution < -0.4 is 10.6 Å². The van der Waals surface area contributed by atoms with Crippen molar-refractivity contribution in [1.29, 1.82) is 0 Å². The highest BCUT2D eigenvalue weighted by molar-refractivity contribution is 5.88. The Morgan fingerprint density at radius 1 is 1.28 bits per heavy atom. The van der Waals surface area contributed by atoms with Crippen LogP contribution in [0.5, 0.6) is 0 Å². The second-order valence-corrected chi connectivity index (χ2v) is 7.60. The van der Waals surface area contributed by atoms with Gasteiger partial charge in [0, 0.05) is 31.5 Å². The largest absolute Gasteiger partial charge is 0.384 e. The summed E-state index contributed by atoms with van der Waals surface area (Å²) in [7, 11) is 1.72. The maximum Gasteiger partial charge on any atom is 0.242 e. The number of ether oxygens (including phenoxy) is 1. The second-order valence-electron chi connectivity index (χ2n) is 7.60. The summed E-state index contributed by atoms with van der Waals surface area (Å²) < 4.78 is 5.41. The predicted octanol–water partition coefficient (Wildman–Crippen LogP) is 1.58. The van der Waals surface area contributed by atoms with Crippen LogP contribution in [0.4, 0.5) is 0 Å². The zero-order valence-electron chi connectivity index (χ0n) is 15.8. The van der Waals surface area contributed by atoms with Gasteiger partial charge in [0.25, 0.3) is 0 Å². The van der Waals surface area contributed by atoms with E-state index >= 15 is 0 Å². The van der Waals surface area contributed by atoms with Gasteiger partial charge in [0.15, 0.2) is 0 Å². The van der Waals surface area contributed by atoms with Gasteiger partial charge in [0.05, 0.1) is 6.61 Å². The Balaban J connectivity index is 0.00000312. The molecule has 0 saturated carbocycles. The van der Waals surface area contributed by atoms with Crippen molar-refractivity contribution in [3.8, 4) is 0 Å². The topological polar surface area (TPSA) is 70.7 Å². The standard InChI is InChI=1S/C18H33N3O3.ClH/c1-14(2)17(23)21-11-5-4-6-15(21)16(22)20-12-18(13-24-3)7-9-19-10-8-18;/h14-15,19H,4-13H2,1-3H3,(H,20,22);1H. The van der Waals surface area contributed by atoms with Gasteiger partial charge in [-0.3, -0.25) is 9.59 Å². The molecule has 0 aliphatic carbocycles. The van der Waals surface area contributed by atoms with Crippen molar-refractivity contribution in [1.82, 2.24) is 15.5 Å². The number of hydrogen-bond donors (Lipinski definition) is 2. The molecule has 2 N–H and O–H groups in total. The van der Waals surface area contributed by atoms with Gasteiger partial charge in [-0.25, -0.2) is 0 Å². The van der Waals surface area contributed by atoms with E-state index < -0.39 is 0 Å². The Labute approximate surface area is 157 Å². The van der Waals surface area contributed by atoms with Crippen LogP contribution in [0.2, 0.25) is 0 Å². The molecule has 1 unspecified atom stereocenters. The Hall–Kier alpha value is -0.850. The fourth-order valence-electron chi connectivity index (χ4n) is 3.83. The van der Waals surface area contributed by atoms with Crippen molar-refractivity contribution >= 4 is 24.2 Å². The number of halogens is 1. The van der Waals surface area contributed by atoms with Gasteiger partial charge in [-0.15, -0.1) is 12.4 Å². The average Bonchev–Trinajstić information content (AvgIpc) is 2.60. The highest BCUT2D eigenvalue weighted by Crippen LogP contribution is 2.28. The van der Waals surface area contributed by atoms with E-state index in [1.807, 2.05) is 13.8 Å². The quantitative estimate of drug-likeness (QED) is 0.739. The van der Waals surface area contributed by atoms with E-state index in [0.29, 0.717) is 19.7 Å². The van der Waals surface area contributed by atoms with E-state index in [9.17, 15) is 9.59 Å². The number of nitrogens with zero attached hydrogens (tertiary/aromatic N) is 1. The van der Waals surface area contributed by atoms with Gasteiger partial charge in [0.1, 0.15) is 6.04 Å². The molecule has 25 heavy (non-hydrogen) atoms. The van der Waals surface area contributed by atoms with Gasteiger partial charge in [-0.1, -0.05) is 13.8 Å². The smallest absolute Gasteiger partial charge is 0.242 e. The molecule has 0 radical (unpaired) electrons. The highest BCUT2D eigenvalue weighted by atomic mass is 35.5. The zero-order valence-corrected chi connectivity index (χ0v) is 16.6. The first kappa shape index (κ1) is 22.2. The van der Waals surface area contributed by atoms with Gasteiger partial charge in [-0.05, 0) is 45.2 Å². The van der Waals surface area contributed by atoms with Crippen molar-refractivity contribution in [3.05, 3.63) is 0 Å². The molecular formula is C18H34ClN3O3. The van der Waals surface area contributed by atoms with E-state index in [1.165, 1.54) is 0 Å². The first-order valence-electron chi connectivity index (χ1n) is 9.27. The molecule has 2 aliphatic heterocycles. The molecular weight excluding hydrogens is 342 g/mol. The third kappa shape index (κ3) is 5.83. The molecule has 0 aromatic carbocycles. The van der Waals surface area contributed by atoms with Crippen molar-refractivity contribution < 1.29 is 14.3 Å². The van der Waals surface area contributed by atoms with Crippen molar-refractivity contribution in [2.75, 3.05) is 39.9 Å². The fourth-order valence-corrected chi connectivity index (χ4v) is 3.83. The summed E-state index contributed by atoms with van der Waals surface area (Å²) in [5, 5.41) is 6.49. The van der Waals surface area contributed by atoms with E-state index in [4.69, 9.17) is 4.74 Å². The fraction of sp³-hybridized carbons (Fsp3) is 0.889. The first-order chi connectivity index (χ1) is 11.5. The molecule has 1 atom stereocenters. The molecule has 2 saturated heterocycles. The van der Waals surface area contributed by atoms with Crippen LogP contribution in [-0.2, 0) is 14.3 Å². The first-order valence-corrected chi connectivity index (χ1v) is 9.27. The molecule has 2 rings (SSSR count). The number of methoxy groups -OCH3 is 1. The number of carbonyl (C=O) groups is 2. The summed E-state index contributed by atoms with van der Waals surface area (Å²) in [5.41, 5.74) is 0.0111. The summed E-state index contributed by atoms with van der Waals surface area (Å²) in [6, 6.07) is -0.310. The monoisotopic (exact) mass is 375 g/mol. The van der Waals surface area contributed by atoms with Crippen LogP contribution in [0.1, 0.15) is 46.0 Å². The van der Waals surface area contributed by atoms with E-state index in [1.54, 1.807) is 12.0 Å². The maximum absolute atomic E-state index is 12.8. The molecule has 6 nitrogen and oxygen atoms in total. The molecule has 2 heterocycles. The van der Waals surface area contributed by atoms with Crippen molar-refractivity contribution in [2.24, 2.45) is 11.3 Å². The molecule has 7 heteroatoms. The summed E-state index contributed by atoms with van der Waals surface area (Å²) in [4.78, 5) is 27.0. The number of amides is 2. The normalized spacial score (nSPS) is 23.0. The predicted molar refractivity (Wildman–Crippen MR) is 101 cm³/mol. The minimum absolute atomic E-state index is 0. The van der Waals surface area contributed by atoms with Crippen LogP contribution >= 0.6 is 12.4 Å². The molecule has 0 aromatic heterocycles. The lowest BCUT2D eigenvalue weighted by atomic mass is 9.79. The molecule has 146 valence electrons. The molecule has 0 spiro atoms. The number of nitrogens with one attached hydrogen (secondary N) is 2. The molecule has 2 fully saturated rings. The van der Waals surface area contributed by atoms with Gasteiger partial charge >= 0.3 is 0 Å². The number of piperidine rings is 2. The third-order valence-corrected chi connectivity index (χ3v) is 5.33. The second kappa shape index (κ2) is 10.3. The molecule has 2 amide bonds. The van der Waals surface area contributed by atoms with E-state index in [-0.39, 0.29) is 41.6 Å². The van der Waals surface area contributed by atoms with Crippen LogP contribution in [-0.4, -0.2) is 62.7 Å². The highest BCUT2D eigenvalue weighted by Gasteiger charge is 2.36. The van der Waals surface area contributed by atoms with Crippen LogP contribution in [0.25, 0.3) is 0 Å². The minimum atomic E-state index is -0.310. The third-order valence-electron chi connectivity index (χ3n) is 5.33. The van der Waals surface area contributed by atoms with E-state index in [2.05, 4.69) is 10.6 Å². The Kier molecular flexibility index (Phi) is 9.17. The molecule has 0 aromatic rings. The maximum atomic E-state index is 12.8. The summed E-state index contributed by atoms with van der Waals surface area (Å²) >= 11 is 0. The number of likely N-dealkylation sites (tertiary alicyclic amines) is 1. The molecule has 0 bridgehead atoms. The van der Waals surface area contributed by atoms with Crippen LogP contribution in [0.3, 0.4) is 0 Å². The van der Waals surface area contributed by atoms with Gasteiger partial charge in [0.2, 0.25) is 11.8 Å². The Bertz CT molecular complexity index is 434. The number of rotatable bonds is 6. The minimum Gasteiger partial charge on any atom is -0.384 e. The van der Waals surface area contributed by atoms with Gasteiger partial charge in [-0.2, -0.15) is 0 Å². The lowest BCUT2D eigenvalue weighted by Gasteiger charge is -2.39. The van der Waals surface area contributed by atoms with E-state index in [0.717, 1.165) is 45.2 Å². The molecule has 2 aliphatic rings. The number of hydrogen-bond acceptors (Lipinski definition) is 4. The Morgan fingerprint density at radius 2 is 1.96 bits per heavy atom. The lowest BCUT2D eigenvalue weighted by molar-refractivity contribution is -0.145. The summed E-state index contributed by atoms with van der Waals surface area (Å²) in [5.74, 6) is 0.0173. The lowest BCUT2D eigenvalue weighted by Crippen LogP contribution is -2.55. The zero-order chi connectivity index (χ0) is 17.6. The van der Waals surface area contributed by atoms with Crippen LogP contribution in [0.15, 0.2) is 0 Å². The average molecular weight is 376 g/mol. The van der Waals surface area contributed by atoms with Gasteiger partial charge < -0.3 is 20.3 Å². The van der Waals surface area contributed by atoms with Crippen LogP contribution in [0, 0.1) is 11.3 Å². The Morgan fingerprint density at radius 3 is 2.56 bits per heavy atom. The van der Waals surface area contributed by atoms with Crippen molar-refractivity contribution in [2.45, 2.75) is 52.0 Å². The number of carbonyl (C=O) groups excluding carboxylic acids is 2. The SMILES string of the molecule is COCC1(CNC(=O)C2CCCCN2C(=O)C(C)C)CCNCC1.Cl. The summed E-state index contributed by atoms with van der Waals surface area (Å²) in [6.07, 6.45) is 4.76.